The van der Waals surface area contributed by atoms with Gasteiger partial charge in [-0.2, -0.15) is 13.2 Å². The fourth-order valence-electron chi connectivity index (χ4n) is 1.54. The zero-order chi connectivity index (χ0) is 15.6. The SMILES string of the molecule is O=C(O)c1c(F)cccc1Oc1cccc(C(F)(F)F)n1. The van der Waals surface area contributed by atoms with Crippen LogP contribution in [0.5, 0.6) is 11.6 Å². The van der Waals surface area contributed by atoms with E-state index in [1.165, 1.54) is 6.07 Å². The lowest BCUT2D eigenvalue weighted by Gasteiger charge is -2.10. The minimum atomic E-state index is -4.67. The van der Waals surface area contributed by atoms with Crippen LogP contribution < -0.4 is 4.74 Å². The van der Waals surface area contributed by atoms with Gasteiger partial charge in [-0.25, -0.2) is 14.2 Å². The first-order valence-electron chi connectivity index (χ1n) is 5.53. The number of hydrogen-bond acceptors (Lipinski definition) is 3. The topological polar surface area (TPSA) is 59.4 Å². The van der Waals surface area contributed by atoms with Gasteiger partial charge in [0.05, 0.1) is 0 Å². The fraction of sp³-hybridized carbons (Fsp3) is 0.0769. The van der Waals surface area contributed by atoms with Crippen LogP contribution in [0.25, 0.3) is 0 Å². The minimum Gasteiger partial charge on any atom is -0.477 e. The Morgan fingerprint density at radius 3 is 2.43 bits per heavy atom. The Hall–Kier alpha value is -2.64. The van der Waals surface area contributed by atoms with Gasteiger partial charge >= 0.3 is 12.1 Å². The molecule has 0 fully saturated rings. The van der Waals surface area contributed by atoms with Crippen molar-refractivity contribution in [1.29, 1.82) is 0 Å². The number of carboxylic acid groups (broad SMARTS) is 1. The number of carboxylic acids is 1. The molecule has 0 spiro atoms. The molecule has 0 saturated heterocycles. The predicted octanol–water partition coefficient (Wildman–Crippen LogP) is 3.73. The summed E-state index contributed by atoms with van der Waals surface area (Å²) in [6.07, 6.45) is -4.67. The average Bonchev–Trinajstić information content (AvgIpc) is 2.37. The third-order valence-electron chi connectivity index (χ3n) is 2.42. The van der Waals surface area contributed by atoms with Crippen LogP contribution in [0.2, 0.25) is 0 Å². The molecule has 1 aromatic carbocycles. The zero-order valence-corrected chi connectivity index (χ0v) is 10.2. The Kier molecular flexibility index (Phi) is 3.79. The van der Waals surface area contributed by atoms with Crippen molar-refractivity contribution < 1.29 is 32.2 Å². The van der Waals surface area contributed by atoms with Gasteiger partial charge in [0.2, 0.25) is 5.88 Å². The smallest absolute Gasteiger partial charge is 0.433 e. The molecule has 0 saturated carbocycles. The molecule has 4 nitrogen and oxygen atoms in total. The van der Waals surface area contributed by atoms with Crippen LogP contribution >= 0.6 is 0 Å². The van der Waals surface area contributed by atoms with Crippen LogP contribution in [-0.2, 0) is 6.18 Å². The maximum absolute atomic E-state index is 13.4. The van der Waals surface area contributed by atoms with E-state index in [4.69, 9.17) is 9.84 Å². The van der Waals surface area contributed by atoms with Gasteiger partial charge in [-0.1, -0.05) is 12.1 Å². The van der Waals surface area contributed by atoms with E-state index in [-0.39, 0.29) is 0 Å². The van der Waals surface area contributed by atoms with E-state index in [2.05, 4.69) is 4.98 Å². The summed E-state index contributed by atoms with van der Waals surface area (Å²) < 4.78 is 55.9. The molecule has 1 N–H and O–H groups in total. The van der Waals surface area contributed by atoms with Crippen molar-refractivity contribution in [1.82, 2.24) is 4.98 Å². The van der Waals surface area contributed by atoms with E-state index in [0.717, 1.165) is 30.3 Å². The fourth-order valence-corrected chi connectivity index (χ4v) is 1.54. The highest BCUT2D eigenvalue weighted by Gasteiger charge is 2.32. The lowest BCUT2D eigenvalue weighted by molar-refractivity contribution is -0.141. The molecule has 0 radical (unpaired) electrons. The average molecular weight is 301 g/mol. The number of hydrogen-bond donors (Lipinski definition) is 1. The first-order valence-corrected chi connectivity index (χ1v) is 5.53. The highest BCUT2D eigenvalue weighted by Crippen LogP contribution is 2.31. The molecule has 0 aliphatic heterocycles. The van der Waals surface area contributed by atoms with Crippen molar-refractivity contribution in [3.8, 4) is 11.6 Å². The number of carbonyl (C=O) groups is 1. The van der Waals surface area contributed by atoms with Gasteiger partial charge in [-0.15, -0.1) is 0 Å². The Morgan fingerprint density at radius 1 is 1.14 bits per heavy atom. The third kappa shape index (κ3) is 3.28. The quantitative estimate of drug-likeness (QED) is 0.878. The monoisotopic (exact) mass is 301 g/mol. The lowest BCUT2D eigenvalue weighted by Crippen LogP contribution is -2.09. The Bertz CT molecular complexity index is 685. The molecule has 1 aromatic heterocycles. The van der Waals surface area contributed by atoms with Crippen molar-refractivity contribution >= 4 is 5.97 Å². The number of nitrogens with zero attached hydrogens (tertiary/aromatic N) is 1. The summed E-state index contributed by atoms with van der Waals surface area (Å²) in [5.74, 6) is -3.59. The van der Waals surface area contributed by atoms with Crippen molar-refractivity contribution in [3.05, 3.63) is 53.5 Å². The largest absolute Gasteiger partial charge is 0.477 e. The second kappa shape index (κ2) is 5.39. The second-order valence-electron chi connectivity index (χ2n) is 3.88. The molecule has 0 aliphatic rings. The summed E-state index contributed by atoms with van der Waals surface area (Å²) in [6.45, 7) is 0. The lowest BCUT2D eigenvalue weighted by atomic mass is 10.2. The molecule has 8 heteroatoms. The summed E-state index contributed by atoms with van der Waals surface area (Å²) in [5, 5.41) is 8.89. The number of aromatic carboxylic acids is 1. The third-order valence-corrected chi connectivity index (χ3v) is 2.42. The minimum absolute atomic E-state index is 0.436. The van der Waals surface area contributed by atoms with Crippen LogP contribution in [-0.4, -0.2) is 16.1 Å². The van der Waals surface area contributed by atoms with Crippen LogP contribution in [0, 0.1) is 5.82 Å². The van der Waals surface area contributed by atoms with E-state index in [1.807, 2.05) is 0 Å². The van der Waals surface area contributed by atoms with Gasteiger partial charge in [0, 0.05) is 6.07 Å². The van der Waals surface area contributed by atoms with E-state index in [0.29, 0.717) is 0 Å². The van der Waals surface area contributed by atoms with Crippen molar-refractivity contribution in [2.75, 3.05) is 0 Å². The molecule has 0 unspecified atom stereocenters. The molecule has 0 amide bonds. The maximum Gasteiger partial charge on any atom is 0.433 e. The van der Waals surface area contributed by atoms with Gasteiger partial charge in [0.1, 0.15) is 22.8 Å². The van der Waals surface area contributed by atoms with E-state index in [9.17, 15) is 22.4 Å². The van der Waals surface area contributed by atoms with Gasteiger partial charge in [-0.05, 0) is 18.2 Å². The first-order chi connectivity index (χ1) is 9.79. The van der Waals surface area contributed by atoms with Gasteiger partial charge in [-0.3, -0.25) is 0 Å². The van der Waals surface area contributed by atoms with Gasteiger partial charge < -0.3 is 9.84 Å². The predicted molar refractivity (Wildman–Crippen MR) is 62.7 cm³/mol. The zero-order valence-electron chi connectivity index (χ0n) is 10.2. The highest BCUT2D eigenvalue weighted by molar-refractivity contribution is 5.91. The molecule has 0 atom stereocenters. The van der Waals surface area contributed by atoms with Gasteiger partial charge in [0.15, 0.2) is 0 Å². The number of rotatable bonds is 3. The summed E-state index contributed by atoms with van der Waals surface area (Å²) in [4.78, 5) is 14.1. The van der Waals surface area contributed by atoms with Crippen LogP contribution in [0.1, 0.15) is 16.1 Å². The normalized spacial score (nSPS) is 11.2. The number of pyridine rings is 1. The van der Waals surface area contributed by atoms with E-state index < -0.39 is 40.8 Å². The summed E-state index contributed by atoms with van der Waals surface area (Å²) in [5.41, 5.74) is -1.98. The van der Waals surface area contributed by atoms with E-state index in [1.54, 1.807) is 0 Å². The van der Waals surface area contributed by atoms with Crippen molar-refractivity contribution in [2.45, 2.75) is 6.18 Å². The molecular weight excluding hydrogens is 294 g/mol. The molecule has 0 bridgehead atoms. The second-order valence-corrected chi connectivity index (χ2v) is 3.88. The Balaban J connectivity index is 2.40. The first kappa shape index (κ1) is 14.8. The number of aromatic nitrogens is 1. The summed E-state index contributed by atoms with van der Waals surface area (Å²) in [7, 11) is 0. The number of halogens is 4. The molecule has 1 heterocycles. The Morgan fingerprint density at radius 2 is 1.81 bits per heavy atom. The molecule has 2 aromatic rings. The van der Waals surface area contributed by atoms with Crippen molar-refractivity contribution in [2.24, 2.45) is 0 Å². The Labute approximate surface area is 115 Å². The number of ether oxygens (including phenoxy) is 1. The molecule has 21 heavy (non-hydrogen) atoms. The van der Waals surface area contributed by atoms with Crippen LogP contribution in [0.15, 0.2) is 36.4 Å². The molecule has 2 rings (SSSR count). The number of benzene rings is 1. The molecule has 110 valence electrons. The van der Waals surface area contributed by atoms with Gasteiger partial charge in [0.25, 0.3) is 0 Å². The van der Waals surface area contributed by atoms with Crippen LogP contribution in [0.3, 0.4) is 0 Å². The molecule has 0 aliphatic carbocycles. The standard InChI is InChI=1S/C13H7F4NO3/c14-7-3-1-4-8(11(7)12(19)20)21-10-6-2-5-9(18-10)13(15,16)17/h1-6H,(H,19,20). The van der Waals surface area contributed by atoms with E-state index >= 15 is 0 Å². The van der Waals surface area contributed by atoms with Crippen molar-refractivity contribution in [3.63, 3.8) is 0 Å². The number of alkyl halides is 3. The molecular formula is C13H7F4NO3. The summed E-state index contributed by atoms with van der Waals surface area (Å²) >= 11 is 0. The van der Waals surface area contributed by atoms with Crippen LogP contribution in [0.4, 0.5) is 17.6 Å². The highest BCUT2D eigenvalue weighted by atomic mass is 19.4. The summed E-state index contributed by atoms with van der Waals surface area (Å²) in [6, 6.07) is 6.07. The maximum atomic E-state index is 13.4.